The molecule has 1 fully saturated rings. The van der Waals surface area contributed by atoms with Crippen LogP contribution < -0.4 is 5.56 Å². The van der Waals surface area contributed by atoms with Gasteiger partial charge in [0.05, 0.1) is 17.8 Å². The molecule has 4 heteroatoms. The highest BCUT2D eigenvalue weighted by atomic mass is 32.2. The van der Waals surface area contributed by atoms with E-state index >= 15 is 0 Å². The lowest BCUT2D eigenvalue weighted by atomic mass is 9.68. The van der Waals surface area contributed by atoms with Gasteiger partial charge in [-0.1, -0.05) is 86.1 Å². The zero-order valence-electron chi connectivity index (χ0n) is 17.6. The second-order valence-corrected chi connectivity index (χ2v) is 9.73. The summed E-state index contributed by atoms with van der Waals surface area (Å²) in [5.41, 5.74) is 5.73. The predicted molar refractivity (Wildman–Crippen MR) is 124 cm³/mol. The molecule has 3 aromatic rings. The molecule has 5 rings (SSSR count). The van der Waals surface area contributed by atoms with Gasteiger partial charge in [0.1, 0.15) is 0 Å². The summed E-state index contributed by atoms with van der Waals surface area (Å²) < 4.78 is 1.95. The van der Waals surface area contributed by atoms with E-state index in [-0.39, 0.29) is 11.0 Å². The van der Waals surface area contributed by atoms with Crippen LogP contribution in [-0.4, -0.2) is 15.3 Å². The highest BCUT2D eigenvalue weighted by Crippen LogP contribution is 2.49. The fraction of sp³-hybridized carbons (Fsp3) is 0.385. The maximum absolute atomic E-state index is 14.1. The van der Waals surface area contributed by atoms with E-state index in [1.807, 2.05) is 22.8 Å². The lowest BCUT2D eigenvalue weighted by molar-refractivity contribution is 0.417. The van der Waals surface area contributed by atoms with Crippen molar-refractivity contribution in [1.29, 1.82) is 0 Å². The molecular formula is C26H28N2OS. The number of aromatic nitrogens is 2. The maximum atomic E-state index is 14.1. The molecular weight excluding hydrogens is 388 g/mol. The lowest BCUT2D eigenvalue weighted by Gasteiger charge is -2.36. The topological polar surface area (TPSA) is 34.9 Å². The monoisotopic (exact) mass is 416 g/mol. The minimum atomic E-state index is -0.0415. The number of hydrogen-bond donors (Lipinski definition) is 0. The molecule has 154 valence electrons. The summed E-state index contributed by atoms with van der Waals surface area (Å²) in [5.74, 6) is 0.965. The van der Waals surface area contributed by atoms with E-state index in [0.717, 1.165) is 59.0 Å². The lowest BCUT2D eigenvalue weighted by Crippen LogP contribution is -2.40. The number of rotatable bonds is 5. The van der Waals surface area contributed by atoms with Gasteiger partial charge in [-0.15, -0.1) is 0 Å². The quantitative estimate of drug-likeness (QED) is 0.388. The van der Waals surface area contributed by atoms with Crippen molar-refractivity contribution in [3.8, 4) is 11.3 Å². The molecule has 2 aliphatic carbocycles. The van der Waals surface area contributed by atoms with Crippen molar-refractivity contribution in [1.82, 2.24) is 9.55 Å². The number of benzene rings is 2. The molecule has 0 atom stereocenters. The average Bonchev–Trinajstić information content (AvgIpc) is 3.23. The zero-order valence-corrected chi connectivity index (χ0v) is 18.4. The molecule has 1 aromatic heterocycles. The first-order valence-electron chi connectivity index (χ1n) is 11.1. The SMILES string of the molecule is CCCSc1nc2c(c(=O)n1Cc1ccccc1)C1(CCCC1)Cc1ccccc1-2. The van der Waals surface area contributed by atoms with Crippen LogP contribution in [0.2, 0.25) is 0 Å². The minimum absolute atomic E-state index is 0.0415. The highest BCUT2D eigenvalue weighted by molar-refractivity contribution is 7.99. The van der Waals surface area contributed by atoms with E-state index < -0.39 is 0 Å². The van der Waals surface area contributed by atoms with Crippen LogP contribution in [0, 0.1) is 0 Å². The third-order valence-electron chi connectivity index (χ3n) is 6.65. The Morgan fingerprint density at radius 2 is 1.77 bits per heavy atom. The molecule has 0 bridgehead atoms. The van der Waals surface area contributed by atoms with Crippen LogP contribution in [0.25, 0.3) is 11.3 Å². The summed E-state index contributed by atoms with van der Waals surface area (Å²) in [6.45, 7) is 2.76. The second kappa shape index (κ2) is 8.07. The summed E-state index contributed by atoms with van der Waals surface area (Å²) in [4.78, 5) is 19.3. The standard InChI is InChI=1S/C26H28N2OS/c1-2-16-30-25-27-23-21-13-7-6-12-20(21)17-26(14-8-9-15-26)22(23)24(29)28(25)18-19-10-4-3-5-11-19/h3-7,10-13H,2,8-9,14-18H2,1H3. The van der Waals surface area contributed by atoms with Crippen molar-refractivity contribution in [3.63, 3.8) is 0 Å². The molecule has 2 aromatic carbocycles. The smallest absolute Gasteiger partial charge is 0.258 e. The summed E-state index contributed by atoms with van der Waals surface area (Å²) in [6, 6.07) is 18.9. The second-order valence-electron chi connectivity index (χ2n) is 8.66. The number of thioether (sulfide) groups is 1. The summed E-state index contributed by atoms with van der Waals surface area (Å²) >= 11 is 1.71. The largest absolute Gasteiger partial charge is 0.283 e. The van der Waals surface area contributed by atoms with Gasteiger partial charge in [0.2, 0.25) is 0 Å². The van der Waals surface area contributed by atoms with Crippen LogP contribution in [-0.2, 0) is 18.4 Å². The van der Waals surface area contributed by atoms with Gasteiger partial charge in [-0.25, -0.2) is 4.98 Å². The van der Waals surface area contributed by atoms with Gasteiger partial charge in [-0.05, 0) is 36.8 Å². The Hall–Kier alpha value is -2.33. The van der Waals surface area contributed by atoms with E-state index in [1.165, 1.54) is 18.4 Å². The van der Waals surface area contributed by atoms with Gasteiger partial charge < -0.3 is 0 Å². The Kier molecular flexibility index (Phi) is 5.28. The molecule has 1 saturated carbocycles. The fourth-order valence-corrected chi connectivity index (χ4v) is 6.10. The Bertz CT molecular complexity index is 1110. The van der Waals surface area contributed by atoms with Crippen LogP contribution in [0.1, 0.15) is 55.7 Å². The summed E-state index contributed by atoms with van der Waals surface area (Å²) in [7, 11) is 0. The first-order valence-corrected chi connectivity index (χ1v) is 12.1. The van der Waals surface area contributed by atoms with Crippen molar-refractivity contribution >= 4 is 11.8 Å². The van der Waals surface area contributed by atoms with E-state index in [9.17, 15) is 4.79 Å². The molecule has 3 nitrogen and oxygen atoms in total. The Balaban J connectivity index is 1.74. The molecule has 0 amide bonds. The molecule has 0 saturated heterocycles. The predicted octanol–water partition coefficient (Wildman–Crippen LogP) is 5.83. The van der Waals surface area contributed by atoms with Crippen LogP contribution in [0.5, 0.6) is 0 Å². The fourth-order valence-electron chi connectivity index (χ4n) is 5.25. The molecule has 2 aliphatic rings. The van der Waals surface area contributed by atoms with E-state index in [0.29, 0.717) is 6.54 Å². The third-order valence-corrected chi connectivity index (χ3v) is 7.83. The van der Waals surface area contributed by atoms with Crippen molar-refractivity contribution in [3.05, 3.63) is 81.6 Å². The van der Waals surface area contributed by atoms with Gasteiger partial charge in [-0.3, -0.25) is 9.36 Å². The van der Waals surface area contributed by atoms with E-state index in [1.54, 1.807) is 11.8 Å². The summed E-state index contributed by atoms with van der Waals surface area (Å²) in [5, 5.41) is 0.856. The average molecular weight is 417 g/mol. The maximum Gasteiger partial charge on any atom is 0.258 e. The Labute approximate surface area is 182 Å². The summed E-state index contributed by atoms with van der Waals surface area (Å²) in [6.07, 6.45) is 6.62. The van der Waals surface area contributed by atoms with Gasteiger partial charge in [0, 0.05) is 16.7 Å². The van der Waals surface area contributed by atoms with E-state index in [2.05, 4.69) is 43.3 Å². The number of fused-ring (bicyclic) bond motifs is 4. The van der Waals surface area contributed by atoms with Crippen molar-refractivity contribution < 1.29 is 0 Å². The van der Waals surface area contributed by atoms with Gasteiger partial charge in [0.25, 0.3) is 5.56 Å². The molecule has 30 heavy (non-hydrogen) atoms. The molecule has 0 unspecified atom stereocenters. The molecule has 0 radical (unpaired) electrons. The molecule has 0 aliphatic heterocycles. The Morgan fingerprint density at radius 1 is 1.03 bits per heavy atom. The normalized spacial score (nSPS) is 16.4. The van der Waals surface area contributed by atoms with Crippen LogP contribution in [0.3, 0.4) is 0 Å². The van der Waals surface area contributed by atoms with Crippen molar-refractivity contribution in [2.24, 2.45) is 0 Å². The van der Waals surface area contributed by atoms with Crippen LogP contribution in [0.15, 0.2) is 64.5 Å². The molecule has 0 N–H and O–H groups in total. The zero-order chi connectivity index (χ0) is 20.6. The van der Waals surface area contributed by atoms with E-state index in [4.69, 9.17) is 4.98 Å². The highest BCUT2D eigenvalue weighted by Gasteiger charge is 2.44. The molecule has 1 spiro atoms. The first kappa shape index (κ1) is 19.6. The number of nitrogens with zero attached hydrogens (tertiary/aromatic N) is 2. The van der Waals surface area contributed by atoms with Gasteiger partial charge in [-0.2, -0.15) is 0 Å². The van der Waals surface area contributed by atoms with Crippen LogP contribution >= 0.6 is 11.8 Å². The van der Waals surface area contributed by atoms with Crippen molar-refractivity contribution in [2.75, 3.05) is 5.75 Å². The van der Waals surface area contributed by atoms with Gasteiger partial charge >= 0.3 is 0 Å². The Morgan fingerprint density at radius 3 is 2.53 bits per heavy atom. The number of hydrogen-bond acceptors (Lipinski definition) is 3. The van der Waals surface area contributed by atoms with Crippen molar-refractivity contribution in [2.45, 2.75) is 62.6 Å². The molecule has 1 heterocycles. The third kappa shape index (κ3) is 3.31. The van der Waals surface area contributed by atoms with Crippen LogP contribution in [0.4, 0.5) is 0 Å². The minimum Gasteiger partial charge on any atom is -0.283 e. The van der Waals surface area contributed by atoms with Gasteiger partial charge in [0.15, 0.2) is 5.16 Å². The first-order chi connectivity index (χ1) is 14.7.